The SMILES string of the molecule is CCOC(=O)N1CCC(NC(N)=NCC(C)CO)CC1.I. The van der Waals surface area contributed by atoms with Crippen molar-refractivity contribution in [3.63, 3.8) is 0 Å². The number of carbonyl (C=O) groups excluding carboxylic acids is 1. The van der Waals surface area contributed by atoms with E-state index in [1.807, 2.05) is 6.92 Å². The van der Waals surface area contributed by atoms with Crippen molar-refractivity contribution in [1.29, 1.82) is 0 Å². The van der Waals surface area contributed by atoms with Gasteiger partial charge in [0.1, 0.15) is 0 Å². The van der Waals surface area contributed by atoms with Crippen LogP contribution in [-0.4, -0.2) is 60.9 Å². The van der Waals surface area contributed by atoms with E-state index < -0.39 is 0 Å². The number of amides is 1. The standard InChI is InChI=1S/C13H26N4O3.HI/c1-3-20-13(19)17-6-4-11(5-7-17)16-12(14)15-8-10(2)9-18;/h10-11,18H,3-9H2,1-2H3,(H3,14,15,16);1H. The molecule has 0 saturated carbocycles. The highest BCUT2D eigenvalue weighted by Crippen LogP contribution is 2.11. The smallest absolute Gasteiger partial charge is 0.409 e. The Morgan fingerprint density at radius 2 is 2.14 bits per heavy atom. The van der Waals surface area contributed by atoms with Crippen LogP contribution in [0, 0.1) is 5.92 Å². The summed E-state index contributed by atoms with van der Waals surface area (Å²) in [6, 6.07) is 0.230. The number of piperidine rings is 1. The summed E-state index contributed by atoms with van der Waals surface area (Å²) in [5, 5.41) is 12.1. The number of guanidine groups is 1. The van der Waals surface area contributed by atoms with Crippen LogP contribution in [0.1, 0.15) is 26.7 Å². The molecule has 21 heavy (non-hydrogen) atoms. The summed E-state index contributed by atoms with van der Waals surface area (Å²) >= 11 is 0. The van der Waals surface area contributed by atoms with Crippen molar-refractivity contribution >= 4 is 36.0 Å². The number of aliphatic hydroxyl groups is 1. The predicted molar refractivity (Wildman–Crippen MR) is 92.9 cm³/mol. The van der Waals surface area contributed by atoms with Gasteiger partial charge < -0.3 is 25.8 Å². The zero-order valence-corrected chi connectivity index (χ0v) is 15.1. The quantitative estimate of drug-likeness (QED) is 0.351. The molecule has 0 aromatic carbocycles. The molecule has 4 N–H and O–H groups in total. The van der Waals surface area contributed by atoms with E-state index in [9.17, 15) is 4.79 Å². The van der Waals surface area contributed by atoms with Crippen LogP contribution in [0.15, 0.2) is 4.99 Å². The Balaban J connectivity index is 0.00000400. The fraction of sp³-hybridized carbons (Fsp3) is 0.846. The van der Waals surface area contributed by atoms with E-state index >= 15 is 0 Å². The van der Waals surface area contributed by atoms with Crippen molar-refractivity contribution in [3.05, 3.63) is 0 Å². The van der Waals surface area contributed by atoms with Gasteiger partial charge in [0.15, 0.2) is 5.96 Å². The highest BCUT2D eigenvalue weighted by Gasteiger charge is 2.23. The third-order valence-corrected chi connectivity index (χ3v) is 3.26. The predicted octanol–water partition coefficient (Wildman–Crippen LogP) is 0.758. The minimum atomic E-state index is -0.246. The van der Waals surface area contributed by atoms with E-state index in [1.54, 1.807) is 11.8 Å². The van der Waals surface area contributed by atoms with Crippen molar-refractivity contribution in [2.24, 2.45) is 16.6 Å². The fourth-order valence-corrected chi connectivity index (χ4v) is 1.99. The number of nitrogens with zero attached hydrogens (tertiary/aromatic N) is 2. The topological polar surface area (TPSA) is 100 Å². The van der Waals surface area contributed by atoms with E-state index in [-0.39, 0.29) is 48.6 Å². The van der Waals surface area contributed by atoms with Gasteiger partial charge in [0, 0.05) is 32.3 Å². The summed E-state index contributed by atoms with van der Waals surface area (Å²) in [5.41, 5.74) is 5.80. The summed E-state index contributed by atoms with van der Waals surface area (Å²) in [5.74, 6) is 0.515. The van der Waals surface area contributed by atoms with Gasteiger partial charge in [-0.2, -0.15) is 0 Å². The molecule has 1 unspecified atom stereocenters. The van der Waals surface area contributed by atoms with Gasteiger partial charge in [-0.15, -0.1) is 24.0 Å². The minimum Gasteiger partial charge on any atom is -0.450 e. The van der Waals surface area contributed by atoms with Gasteiger partial charge in [-0.1, -0.05) is 6.92 Å². The van der Waals surface area contributed by atoms with Crippen LogP contribution in [0.3, 0.4) is 0 Å². The van der Waals surface area contributed by atoms with E-state index in [4.69, 9.17) is 15.6 Å². The average molecular weight is 414 g/mol. The Labute approximate surface area is 143 Å². The number of aliphatic hydroxyl groups excluding tert-OH is 1. The molecule has 1 aliphatic heterocycles. The monoisotopic (exact) mass is 414 g/mol. The van der Waals surface area contributed by atoms with Gasteiger partial charge in [-0.25, -0.2) is 4.79 Å². The first-order valence-corrected chi connectivity index (χ1v) is 7.15. The zero-order chi connectivity index (χ0) is 15.0. The molecule has 124 valence electrons. The molecule has 1 saturated heterocycles. The number of aliphatic imine (C=N–C) groups is 1. The molecular weight excluding hydrogens is 387 g/mol. The van der Waals surface area contributed by atoms with Crippen molar-refractivity contribution in [2.75, 3.05) is 32.8 Å². The number of hydrogen-bond donors (Lipinski definition) is 3. The summed E-state index contributed by atoms with van der Waals surface area (Å²) in [4.78, 5) is 17.5. The molecule has 1 rings (SSSR count). The number of likely N-dealkylation sites (tertiary alicyclic amines) is 1. The summed E-state index contributed by atoms with van der Waals surface area (Å²) < 4.78 is 4.97. The highest BCUT2D eigenvalue weighted by atomic mass is 127. The maximum atomic E-state index is 11.5. The Kier molecular flexibility index (Phi) is 10.5. The molecule has 0 aromatic heterocycles. The van der Waals surface area contributed by atoms with Crippen molar-refractivity contribution in [2.45, 2.75) is 32.7 Å². The lowest BCUT2D eigenvalue weighted by Crippen LogP contribution is -2.48. The van der Waals surface area contributed by atoms with E-state index in [1.165, 1.54) is 0 Å². The second kappa shape index (κ2) is 10.9. The molecular formula is C13H27IN4O3. The number of rotatable bonds is 5. The van der Waals surface area contributed by atoms with Crippen LogP contribution >= 0.6 is 24.0 Å². The molecule has 0 spiro atoms. The lowest BCUT2D eigenvalue weighted by Gasteiger charge is -2.31. The van der Waals surface area contributed by atoms with E-state index in [0.717, 1.165) is 12.8 Å². The Bertz CT molecular complexity index is 333. The molecule has 7 nitrogen and oxygen atoms in total. The molecule has 1 atom stereocenters. The maximum Gasteiger partial charge on any atom is 0.409 e. The molecule has 1 amide bonds. The third kappa shape index (κ3) is 7.70. The zero-order valence-electron chi connectivity index (χ0n) is 12.7. The van der Waals surface area contributed by atoms with Gasteiger partial charge in [0.25, 0.3) is 0 Å². The lowest BCUT2D eigenvalue weighted by atomic mass is 10.1. The number of hydrogen-bond acceptors (Lipinski definition) is 4. The summed E-state index contributed by atoms with van der Waals surface area (Å²) in [6.07, 6.45) is 1.40. The van der Waals surface area contributed by atoms with Gasteiger partial charge >= 0.3 is 6.09 Å². The Morgan fingerprint density at radius 3 is 2.67 bits per heavy atom. The molecule has 0 radical (unpaired) electrons. The number of halogens is 1. The van der Waals surface area contributed by atoms with E-state index in [2.05, 4.69) is 10.3 Å². The number of nitrogens with one attached hydrogen (secondary N) is 1. The van der Waals surface area contributed by atoms with Gasteiger partial charge in [0.05, 0.1) is 6.61 Å². The van der Waals surface area contributed by atoms with E-state index in [0.29, 0.717) is 32.2 Å². The fourth-order valence-electron chi connectivity index (χ4n) is 1.99. The molecule has 1 fully saturated rings. The molecule has 0 aromatic rings. The van der Waals surface area contributed by atoms with Gasteiger partial charge in [-0.3, -0.25) is 4.99 Å². The van der Waals surface area contributed by atoms with Crippen LogP contribution in [0.25, 0.3) is 0 Å². The average Bonchev–Trinajstić information content (AvgIpc) is 2.45. The highest BCUT2D eigenvalue weighted by molar-refractivity contribution is 14.0. The molecule has 1 aliphatic rings. The first kappa shape index (κ1) is 20.2. The van der Waals surface area contributed by atoms with Crippen LogP contribution < -0.4 is 11.1 Å². The second-order valence-electron chi connectivity index (χ2n) is 5.12. The van der Waals surface area contributed by atoms with Crippen LogP contribution in [-0.2, 0) is 4.74 Å². The molecule has 8 heteroatoms. The van der Waals surface area contributed by atoms with Crippen molar-refractivity contribution in [3.8, 4) is 0 Å². The first-order chi connectivity index (χ1) is 9.56. The van der Waals surface area contributed by atoms with Gasteiger partial charge in [-0.05, 0) is 25.7 Å². The largest absolute Gasteiger partial charge is 0.450 e. The Hall–Kier alpha value is -0.770. The van der Waals surface area contributed by atoms with Crippen LogP contribution in [0.2, 0.25) is 0 Å². The third-order valence-electron chi connectivity index (χ3n) is 3.26. The lowest BCUT2D eigenvalue weighted by molar-refractivity contribution is 0.0963. The van der Waals surface area contributed by atoms with Crippen molar-refractivity contribution < 1.29 is 14.6 Å². The number of carbonyl (C=O) groups is 1. The first-order valence-electron chi connectivity index (χ1n) is 7.15. The molecule has 0 bridgehead atoms. The normalized spacial score (nSPS) is 17.9. The Morgan fingerprint density at radius 1 is 1.52 bits per heavy atom. The molecule has 0 aliphatic carbocycles. The van der Waals surface area contributed by atoms with Crippen LogP contribution in [0.4, 0.5) is 4.79 Å². The number of ether oxygens (including phenoxy) is 1. The summed E-state index contributed by atoms with van der Waals surface area (Å²) in [7, 11) is 0. The van der Waals surface area contributed by atoms with Crippen LogP contribution in [0.5, 0.6) is 0 Å². The van der Waals surface area contributed by atoms with Crippen molar-refractivity contribution in [1.82, 2.24) is 10.2 Å². The number of nitrogens with two attached hydrogens (primary N) is 1. The second-order valence-corrected chi connectivity index (χ2v) is 5.12. The van der Waals surface area contributed by atoms with Gasteiger partial charge in [0.2, 0.25) is 0 Å². The maximum absolute atomic E-state index is 11.5. The minimum absolute atomic E-state index is 0. The summed E-state index contributed by atoms with van der Waals surface area (Å²) in [6.45, 7) is 6.06. The molecule has 1 heterocycles.